The molecule has 0 radical (unpaired) electrons. The molecule has 0 spiro atoms. The van der Waals surface area contributed by atoms with Gasteiger partial charge in [-0.25, -0.2) is 18.7 Å². The van der Waals surface area contributed by atoms with E-state index in [2.05, 4.69) is 28.1 Å². The van der Waals surface area contributed by atoms with E-state index in [9.17, 15) is 23.4 Å². The first kappa shape index (κ1) is 33.3. The van der Waals surface area contributed by atoms with Crippen molar-refractivity contribution >= 4 is 40.6 Å². The van der Waals surface area contributed by atoms with Crippen LogP contribution in [-0.4, -0.2) is 51.8 Å². The Balaban J connectivity index is 0.00000341. The first-order valence-electron chi connectivity index (χ1n) is 7.91. The number of imidazole rings is 1. The number of nitrogens with zero attached hydrogens (tertiary/aromatic N) is 3. The van der Waals surface area contributed by atoms with Gasteiger partial charge in [0.1, 0.15) is 6.23 Å². The first-order valence-corrected chi connectivity index (χ1v) is 12.4. The summed E-state index contributed by atoms with van der Waals surface area (Å²) in [4.78, 5) is 57.6. The predicted molar refractivity (Wildman–Crippen MR) is 95.5 cm³/mol. The molecule has 4 atom stereocenters. The number of rotatable bonds is 8. The van der Waals surface area contributed by atoms with E-state index in [1.807, 2.05) is 0 Å². The van der Waals surface area contributed by atoms with Crippen LogP contribution in [0.1, 0.15) is 19.1 Å². The summed E-state index contributed by atoms with van der Waals surface area (Å²) >= 11 is 0. The molecule has 17 nitrogen and oxygen atoms in total. The van der Waals surface area contributed by atoms with E-state index in [4.69, 9.17) is 25.2 Å². The average Bonchev–Trinajstić information content (AvgIpc) is 3.15. The smallest absolute Gasteiger partial charge is 0.369 e. The molecular formula is C10H16Li3N5O12P3+3. The summed E-state index contributed by atoms with van der Waals surface area (Å²) in [7, 11) is -16.3. The van der Waals surface area contributed by atoms with Gasteiger partial charge in [-0.15, -0.1) is 0 Å². The minimum atomic E-state index is -5.59. The Kier molecular flexibility index (Phi) is 12.6. The van der Waals surface area contributed by atoms with Crippen LogP contribution in [0.3, 0.4) is 0 Å². The number of anilines is 1. The Labute approximate surface area is 221 Å². The van der Waals surface area contributed by atoms with Gasteiger partial charge in [-0.1, -0.05) is 0 Å². The molecule has 2 aromatic heterocycles. The van der Waals surface area contributed by atoms with Gasteiger partial charge in [0, 0.05) is 0 Å². The molecule has 0 amide bonds. The maximum Gasteiger partial charge on any atom is 1.00 e. The summed E-state index contributed by atoms with van der Waals surface area (Å²) in [5.74, 6) is -0.128. The second-order valence-electron chi connectivity index (χ2n) is 5.95. The molecular weight excluding hydrogens is 496 g/mol. The Morgan fingerprint density at radius 2 is 1.76 bits per heavy atom. The molecule has 2 aromatic rings. The van der Waals surface area contributed by atoms with Crippen LogP contribution in [0.25, 0.3) is 11.2 Å². The van der Waals surface area contributed by atoms with Crippen molar-refractivity contribution in [1.29, 1.82) is 0 Å². The maximum atomic E-state index is 11.8. The van der Waals surface area contributed by atoms with Gasteiger partial charge in [0.15, 0.2) is 11.2 Å². The van der Waals surface area contributed by atoms with Gasteiger partial charge in [-0.3, -0.25) is 18.9 Å². The fourth-order valence-corrected chi connectivity index (χ4v) is 5.70. The molecule has 0 aliphatic carbocycles. The van der Waals surface area contributed by atoms with Crippen molar-refractivity contribution in [3.63, 3.8) is 0 Å². The molecule has 1 fully saturated rings. The van der Waals surface area contributed by atoms with Crippen molar-refractivity contribution in [3.05, 3.63) is 16.7 Å². The van der Waals surface area contributed by atoms with E-state index >= 15 is 0 Å². The van der Waals surface area contributed by atoms with Gasteiger partial charge in [-0.05, 0) is 12.8 Å². The molecule has 23 heteroatoms. The maximum absolute atomic E-state index is 11.8. The van der Waals surface area contributed by atoms with Gasteiger partial charge < -0.3 is 30.0 Å². The number of ether oxygens (including phenoxy) is 1. The number of nitrogens with two attached hydrogens (primary N) is 1. The Bertz CT molecular complexity index is 1160. The molecule has 3 heterocycles. The van der Waals surface area contributed by atoms with Crippen LogP contribution in [0.4, 0.5) is 5.95 Å². The van der Waals surface area contributed by atoms with Crippen LogP contribution in [0.2, 0.25) is 0 Å². The Hall–Kier alpha value is 0.312. The van der Waals surface area contributed by atoms with Gasteiger partial charge in [0.25, 0.3) is 5.56 Å². The van der Waals surface area contributed by atoms with E-state index in [0.717, 1.165) is 0 Å². The minimum Gasteiger partial charge on any atom is -0.369 e. The van der Waals surface area contributed by atoms with Gasteiger partial charge in [0.05, 0.1) is 19.0 Å². The van der Waals surface area contributed by atoms with Crippen molar-refractivity contribution in [1.82, 2.24) is 19.5 Å². The van der Waals surface area contributed by atoms with E-state index < -0.39 is 48.0 Å². The van der Waals surface area contributed by atoms with Gasteiger partial charge in [0.2, 0.25) is 5.95 Å². The predicted octanol–water partition coefficient (Wildman–Crippen LogP) is -9.27. The van der Waals surface area contributed by atoms with Crippen LogP contribution in [0, 0.1) is 0 Å². The fraction of sp³-hybridized carbons (Fsp3) is 0.500. The number of aromatic nitrogens is 4. The van der Waals surface area contributed by atoms with Crippen LogP contribution in [0.15, 0.2) is 11.1 Å². The van der Waals surface area contributed by atoms with Gasteiger partial charge in [-0.2, -0.15) is 13.6 Å². The van der Waals surface area contributed by atoms with Crippen molar-refractivity contribution in [2.75, 3.05) is 12.3 Å². The second-order valence-corrected chi connectivity index (χ2v) is 10.4. The molecule has 0 saturated carbocycles. The number of H-pyrrole nitrogens is 1. The number of aromatic amines is 1. The third-order valence-corrected chi connectivity index (χ3v) is 7.49. The summed E-state index contributed by atoms with van der Waals surface area (Å²) in [5, 5.41) is 0. The molecule has 33 heavy (non-hydrogen) atoms. The number of nitrogen functional groups attached to an aromatic ring is 1. The van der Waals surface area contributed by atoms with E-state index in [1.54, 1.807) is 0 Å². The summed E-state index contributed by atoms with van der Waals surface area (Å²) in [6.45, 7) is -0.580. The van der Waals surface area contributed by atoms with Crippen molar-refractivity contribution in [3.8, 4) is 0 Å². The summed E-state index contributed by atoms with van der Waals surface area (Å²) in [6, 6.07) is 0. The van der Waals surface area contributed by atoms with Crippen LogP contribution in [-0.2, 0) is 31.6 Å². The van der Waals surface area contributed by atoms with Crippen molar-refractivity contribution in [2.24, 2.45) is 0 Å². The standard InChI is InChI=1S/C10H16N5O12P3.3Li/c11-10-13-8-7(9(16)14-10)12-4-15(8)6-2-1-5(25-6)3-24-29(20,21)27-30(22,23)26-28(17,18)19;;;/h4-6H,1-3H2,(H,20,21)(H,22,23)(H2,17,18,19)(H3,11,13,14,16);;;/q;3*+1. The number of hydrogen-bond donors (Lipinski definition) is 6. The third-order valence-electron chi connectivity index (χ3n) is 3.69. The zero-order valence-electron chi connectivity index (χ0n) is 17.7. The number of hydrogen-bond acceptors (Lipinski definition) is 11. The SMILES string of the molecule is Nc1nc2c(ncn2C2CCC(COP(=O)(O)OP(=O)(O)OP(=O)(O)O)O2)c(=O)[nH]1.[Li+].[Li+].[Li+]. The fourth-order valence-electron chi connectivity index (χ4n) is 2.65. The minimum absolute atomic E-state index is 0. The normalized spacial score (nSPS) is 21.8. The van der Waals surface area contributed by atoms with Crippen LogP contribution in [0.5, 0.6) is 0 Å². The second kappa shape index (κ2) is 12.5. The number of phosphoric ester groups is 1. The molecule has 1 aliphatic rings. The molecule has 0 bridgehead atoms. The van der Waals surface area contributed by atoms with E-state index in [-0.39, 0.29) is 73.7 Å². The topological polar surface area (TPSA) is 259 Å². The molecule has 1 saturated heterocycles. The van der Waals surface area contributed by atoms with Crippen molar-refractivity contribution < 1.29 is 108 Å². The number of fused-ring (bicyclic) bond motifs is 1. The monoisotopic (exact) mass is 512 g/mol. The molecule has 1 aliphatic heterocycles. The Morgan fingerprint density at radius 3 is 2.36 bits per heavy atom. The summed E-state index contributed by atoms with van der Waals surface area (Å²) in [6.07, 6.45) is 0.528. The van der Waals surface area contributed by atoms with Crippen LogP contribution >= 0.6 is 23.5 Å². The van der Waals surface area contributed by atoms with E-state index in [1.165, 1.54) is 10.9 Å². The average molecular weight is 512 g/mol. The summed E-state index contributed by atoms with van der Waals surface area (Å²) < 4.78 is 52.5. The number of phosphoric acid groups is 3. The summed E-state index contributed by atoms with van der Waals surface area (Å²) in [5.41, 5.74) is 5.17. The van der Waals surface area contributed by atoms with E-state index in [0.29, 0.717) is 12.8 Å². The zero-order chi connectivity index (χ0) is 22.3. The van der Waals surface area contributed by atoms with Crippen LogP contribution < -0.4 is 67.9 Å². The third kappa shape index (κ3) is 9.36. The number of nitrogens with one attached hydrogen (secondary N) is 1. The van der Waals surface area contributed by atoms with Gasteiger partial charge >= 0.3 is 80.0 Å². The van der Waals surface area contributed by atoms with Crippen molar-refractivity contribution in [2.45, 2.75) is 25.2 Å². The zero-order valence-corrected chi connectivity index (χ0v) is 20.4. The molecule has 0 aromatic carbocycles. The molecule has 3 rings (SSSR count). The first-order chi connectivity index (χ1) is 13.7. The molecule has 4 unspecified atom stereocenters. The largest absolute Gasteiger partial charge is 1.00 e. The Morgan fingerprint density at radius 1 is 1.12 bits per heavy atom. The quantitative estimate of drug-likeness (QED) is 0.142. The molecule has 7 N–H and O–H groups in total. The molecule has 168 valence electrons.